The van der Waals surface area contributed by atoms with E-state index in [1.807, 2.05) is 25.2 Å². The fourth-order valence-electron chi connectivity index (χ4n) is 2.06. The molecule has 1 aromatic carbocycles. The molecule has 0 bridgehead atoms. The Morgan fingerprint density at radius 3 is 2.94 bits per heavy atom. The van der Waals surface area contributed by atoms with Crippen molar-refractivity contribution in [3.05, 3.63) is 46.8 Å². The first-order valence-electron chi connectivity index (χ1n) is 5.18. The van der Waals surface area contributed by atoms with Gasteiger partial charge in [0, 0.05) is 24.0 Å². The molecule has 0 fully saturated rings. The molecular formula is C13H11NOS. The second-order valence-corrected chi connectivity index (χ2v) is 4.96. The van der Waals surface area contributed by atoms with Gasteiger partial charge in [-0.3, -0.25) is 4.79 Å². The summed E-state index contributed by atoms with van der Waals surface area (Å²) >= 11 is 1.72. The van der Waals surface area contributed by atoms with E-state index in [1.165, 1.54) is 10.4 Å². The summed E-state index contributed by atoms with van der Waals surface area (Å²) in [5.74, 6) is 0.132. The molecular weight excluding hydrogens is 218 g/mol. The maximum absolute atomic E-state index is 11.7. The molecule has 1 amide bonds. The van der Waals surface area contributed by atoms with Crippen molar-refractivity contribution >= 4 is 17.2 Å². The lowest BCUT2D eigenvalue weighted by atomic mass is 10.1. The first-order valence-corrected chi connectivity index (χ1v) is 6.06. The minimum absolute atomic E-state index is 0.132. The molecule has 0 aliphatic carbocycles. The zero-order valence-electron chi connectivity index (χ0n) is 8.93. The van der Waals surface area contributed by atoms with E-state index in [1.54, 1.807) is 16.2 Å². The van der Waals surface area contributed by atoms with Crippen LogP contribution < -0.4 is 0 Å². The van der Waals surface area contributed by atoms with Gasteiger partial charge in [-0.2, -0.15) is 0 Å². The Bertz CT molecular complexity index is 545. The average molecular weight is 229 g/mol. The number of thiophene rings is 1. The molecule has 0 atom stereocenters. The van der Waals surface area contributed by atoms with Crippen molar-refractivity contribution in [1.29, 1.82) is 0 Å². The van der Waals surface area contributed by atoms with Gasteiger partial charge in [-0.25, -0.2) is 0 Å². The van der Waals surface area contributed by atoms with E-state index in [0.717, 1.165) is 17.7 Å². The number of nitrogens with zero attached hydrogens (tertiary/aromatic N) is 1. The van der Waals surface area contributed by atoms with E-state index in [2.05, 4.69) is 17.5 Å². The number of carbonyl (C=O) groups excluding carboxylic acids is 1. The van der Waals surface area contributed by atoms with Gasteiger partial charge in [0.2, 0.25) is 0 Å². The SMILES string of the molecule is CN1Cc2cc(-c3cccs3)ccc2C1=O. The summed E-state index contributed by atoms with van der Waals surface area (Å²) in [4.78, 5) is 14.7. The fourth-order valence-corrected chi connectivity index (χ4v) is 2.79. The molecule has 16 heavy (non-hydrogen) atoms. The molecule has 2 heterocycles. The topological polar surface area (TPSA) is 20.3 Å². The van der Waals surface area contributed by atoms with Crippen LogP contribution >= 0.6 is 11.3 Å². The Labute approximate surface area is 98.1 Å². The zero-order chi connectivity index (χ0) is 11.1. The minimum Gasteiger partial charge on any atom is -0.337 e. The third-order valence-corrected chi connectivity index (χ3v) is 3.81. The van der Waals surface area contributed by atoms with Gasteiger partial charge >= 0.3 is 0 Å². The number of benzene rings is 1. The number of hydrogen-bond acceptors (Lipinski definition) is 2. The van der Waals surface area contributed by atoms with Crippen LogP contribution in [0.1, 0.15) is 15.9 Å². The lowest BCUT2D eigenvalue weighted by Crippen LogP contribution is -2.17. The number of carbonyl (C=O) groups is 1. The fraction of sp³-hybridized carbons (Fsp3) is 0.154. The highest BCUT2D eigenvalue weighted by Crippen LogP contribution is 2.30. The van der Waals surface area contributed by atoms with Gasteiger partial charge in [0.25, 0.3) is 5.91 Å². The Morgan fingerprint density at radius 2 is 2.19 bits per heavy atom. The molecule has 1 aliphatic rings. The molecule has 1 aromatic heterocycles. The van der Waals surface area contributed by atoms with Crippen LogP contribution in [0.15, 0.2) is 35.7 Å². The van der Waals surface area contributed by atoms with E-state index in [0.29, 0.717) is 0 Å². The van der Waals surface area contributed by atoms with Gasteiger partial charge in [-0.05, 0) is 34.7 Å². The Kier molecular flexibility index (Phi) is 2.07. The number of rotatable bonds is 1. The van der Waals surface area contributed by atoms with Crippen molar-refractivity contribution in [2.45, 2.75) is 6.54 Å². The van der Waals surface area contributed by atoms with E-state index in [4.69, 9.17) is 0 Å². The summed E-state index contributed by atoms with van der Waals surface area (Å²) in [5, 5.41) is 2.07. The van der Waals surface area contributed by atoms with Crippen LogP contribution in [0.3, 0.4) is 0 Å². The van der Waals surface area contributed by atoms with Crippen LogP contribution in [0.25, 0.3) is 10.4 Å². The average Bonchev–Trinajstić information content (AvgIpc) is 2.88. The van der Waals surface area contributed by atoms with Gasteiger partial charge in [0.1, 0.15) is 0 Å². The smallest absolute Gasteiger partial charge is 0.254 e. The first-order chi connectivity index (χ1) is 7.75. The summed E-state index contributed by atoms with van der Waals surface area (Å²) in [7, 11) is 1.84. The van der Waals surface area contributed by atoms with E-state index in [9.17, 15) is 4.79 Å². The molecule has 0 unspecified atom stereocenters. The molecule has 0 saturated carbocycles. The summed E-state index contributed by atoms with van der Waals surface area (Å²) in [6, 6.07) is 10.2. The zero-order valence-corrected chi connectivity index (χ0v) is 9.75. The maximum Gasteiger partial charge on any atom is 0.254 e. The van der Waals surface area contributed by atoms with E-state index < -0.39 is 0 Å². The van der Waals surface area contributed by atoms with Crippen LogP contribution in [0.4, 0.5) is 0 Å². The highest BCUT2D eigenvalue weighted by Gasteiger charge is 2.24. The molecule has 0 N–H and O–H groups in total. The van der Waals surface area contributed by atoms with Crippen molar-refractivity contribution in [3.63, 3.8) is 0 Å². The van der Waals surface area contributed by atoms with Crippen LogP contribution in [-0.4, -0.2) is 17.9 Å². The summed E-state index contributed by atoms with van der Waals surface area (Å²) in [6.45, 7) is 0.730. The number of fused-ring (bicyclic) bond motifs is 1. The quantitative estimate of drug-likeness (QED) is 0.736. The van der Waals surface area contributed by atoms with Gasteiger partial charge in [-0.15, -0.1) is 11.3 Å². The van der Waals surface area contributed by atoms with E-state index in [-0.39, 0.29) is 5.91 Å². The second kappa shape index (κ2) is 3.46. The minimum atomic E-state index is 0.132. The van der Waals surface area contributed by atoms with Crippen LogP contribution in [0.2, 0.25) is 0 Å². The monoisotopic (exact) mass is 229 g/mol. The van der Waals surface area contributed by atoms with Crippen molar-refractivity contribution in [2.24, 2.45) is 0 Å². The molecule has 0 radical (unpaired) electrons. The molecule has 0 saturated heterocycles. The van der Waals surface area contributed by atoms with Crippen molar-refractivity contribution in [2.75, 3.05) is 7.05 Å². The molecule has 2 aromatic rings. The van der Waals surface area contributed by atoms with Crippen LogP contribution in [0, 0.1) is 0 Å². The van der Waals surface area contributed by atoms with Gasteiger partial charge in [-0.1, -0.05) is 12.1 Å². The van der Waals surface area contributed by atoms with Crippen molar-refractivity contribution < 1.29 is 4.79 Å². The Morgan fingerprint density at radius 1 is 1.31 bits per heavy atom. The Balaban J connectivity index is 2.09. The van der Waals surface area contributed by atoms with Gasteiger partial charge in [0.15, 0.2) is 0 Å². The second-order valence-electron chi connectivity index (χ2n) is 4.01. The predicted molar refractivity (Wildman–Crippen MR) is 65.6 cm³/mol. The largest absolute Gasteiger partial charge is 0.337 e. The van der Waals surface area contributed by atoms with Crippen LogP contribution in [0.5, 0.6) is 0 Å². The highest BCUT2D eigenvalue weighted by molar-refractivity contribution is 7.13. The van der Waals surface area contributed by atoms with Gasteiger partial charge < -0.3 is 4.90 Å². The third-order valence-electron chi connectivity index (χ3n) is 2.90. The lowest BCUT2D eigenvalue weighted by Gasteiger charge is -2.04. The lowest BCUT2D eigenvalue weighted by molar-refractivity contribution is 0.0816. The molecule has 0 spiro atoms. The van der Waals surface area contributed by atoms with Crippen molar-refractivity contribution in [3.8, 4) is 10.4 Å². The Hall–Kier alpha value is -1.61. The third kappa shape index (κ3) is 1.36. The standard InChI is InChI=1S/C13H11NOS/c1-14-8-10-7-9(12-3-2-6-16-12)4-5-11(10)13(14)15/h2-7H,8H2,1H3. The number of hydrogen-bond donors (Lipinski definition) is 0. The molecule has 2 nitrogen and oxygen atoms in total. The highest BCUT2D eigenvalue weighted by atomic mass is 32.1. The first kappa shape index (κ1) is 9.60. The molecule has 1 aliphatic heterocycles. The normalized spacial score (nSPS) is 14.3. The van der Waals surface area contributed by atoms with E-state index >= 15 is 0 Å². The molecule has 3 heteroatoms. The molecule has 3 rings (SSSR count). The summed E-state index contributed by atoms with van der Waals surface area (Å²) < 4.78 is 0. The summed E-state index contributed by atoms with van der Waals surface area (Å²) in [5.41, 5.74) is 3.19. The predicted octanol–water partition coefficient (Wildman–Crippen LogP) is 3.00. The van der Waals surface area contributed by atoms with Crippen molar-refractivity contribution in [1.82, 2.24) is 4.90 Å². The van der Waals surface area contributed by atoms with Crippen LogP contribution in [-0.2, 0) is 6.54 Å². The maximum atomic E-state index is 11.7. The summed E-state index contributed by atoms with van der Waals surface area (Å²) in [6.07, 6.45) is 0. The van der Waals surface area contributed by atoms with Gasteiger partial charge in [0.05, 0.1) is 0 Å². The molecule has 80 valence electrons. The number of amides is 1.